The molecule has 0 unspecified atom stereocenters. The van der Waals surface area contributed by atoms with Gasteiger partial charge in [-0.05, 0) is 39.7 Å². The van der Waals surface area contributed by atoms with E-state index in [4.69, 9.17) is 5.73 Å². The van der Waals surface area contributed by atoms with E-state index in [-0.39, 0.29) is 29.6 Å². The van der Waals surface area contributed by atoms with Crippen LogP contribution in [0.15, 0.2) is 24.3 Å². The average molecular weight is 304 g/mol. The van der Waals surface area contributed by atoms with Crippen LogP contribution in [0.2, 0.25) is 0 Å². The predicted octanol–water partition coefficient (Wildman–Crippen LogP) is 2.37. The molecule has 0 spiro atoms. The number of rotatable bonds is 6. The molecule has 0 aromatic heterocycles. The van der Waals surface area contributed by atoms with Gasteiger partial charge in [-0.25, -0.2) is 0 Å². The molecule has 0 heterocycles. The predicted molar refractivity (Wildman–Crippen MR) is 89.5 cm³/mol. The minimum atomic E-state index is -0.562. The minimum absolute atomic E-state index is 0.0721. The zero-order chi connectivity index (χ0) is 16.9. The molecule has 0 saturated carbocycles. The van der Waals surface area contributed by atoms with Crippen molar-refractivity contribution in [2.75, 3.05) is 0 Å². The maximum absolute atomic E-state index is 12.2. The lowest BCUT2D eigenvalue weighted by Gasteiger charge is -2.23. The molecule has 0 bridgehead atoms. The van der Waals surface area contributed by atoms with E-state index < -0.39 is 6.04 Å². The molecule has 0 saturated heterocycles. The van der Waals surface area contributed by atoms with Crippen molar-refractivity contribution in [1.29, 1.82) is 0 Å². The number of Topliss-reactive ketones (excluding diaryl/α,β-unsaturated/α-hetero) is 1. The standard InChI is InChI=1S/C18H28N2O2/c1-12-6-8-14(9-7-12)11-15(19)16(21)10-13(2)17(22)20-18(3,4)5/h6-9,13,15H,10-11,19H2,1-5H3,(H,20,22)/t13-,15-/m0/s1. The third-order valence-corrected chi connectivity index (χ3v) is 3.44. The molecular weight excluding hydrogens is 276 g/mol. The van der Waals surface area contributed by atoms with E-state index in [0.29, 0.717) is 6.42 Å². The second kappa shape index (κ2) is 7.54. The second-order valence-corrected chi connectivity index (χ2v) is 7.11. The number of carbonyl (C=O) groups excluding carboxylic acids is 2. The molecule has 2 atom stereocenters. The number of hydrogen-bond donors (Lipinski definition) is 2. The smallest absolute Gasteiger partial charge is 0.223 e. The maximum atomic E-state index is 12.2. The Labute approximate surface area is 133 Å². The van der Waals surface area contributed by atoms with E-state index >= 15 is 0 Å². The Bertz CT molecular complexity index is 515. The summed E-state index contributed by atoms with van der Waals surface area (Å²) in [5.41, 5.74) is 7.91. The van der Waals surface area contributed by atoms with Gasteiger partial charge < -0.3 is 11.1 Å². The van der Waals surface area contributed by atoms with E-state index in [1.807, 2.05) is 52.0 Å². The topological polar surface area (TPSA) is 72.2 Å². The molecule has 4 heteroatoms. The van der Waals surface area contributed by atoms with E-state index in [2.05, 4.69) is 5.32 Å². The van der Waals surface area contributed by atoms with Crippen LogP contribution in [0.3, 0.4) is 0 Å². The fourth-order valence-corrected chi connectivity index (χ4v) is 2.13. The SMILES string of the molecule is Cc1ccc(C[C@H](N)C(=O)C[C@H](C)C(=O)NC(C)(C)C)cc1. The molecule has 1 amide bonds. The molecule has 122 valence electrons. The minimum Gasteiger partial charge on any atom is -0.351 e. The molecule has 0 aliphatic carbocycles. The van der Waals surface area contributed by atoms with Crippen LogP contribution < -0.4 is 11.1 Å². The van der Waals surface area contributed by atoms with Crippen LogP contribution in [-0.4, -0.2) is 23.3 Å². The van der Waals surface area contributed by atoms with Gasteiger partial charge in [-0.1, -0.05) is 36.8 Å². The summed E-state index contributed by atoms with van der Waals surface area (Å²) in [6, 6.07) is 7.42. The van der Waals surface area contributed by atoms with Gasteiger partial charge in [-0.15, -0.1) is 0 Å². The molecule has 22 heavy (non-hydrogen) atoms. The van der Waals surface area contributed by atoms with Crippen LogP contribution in [0.25, 0.3) is 0 Å². The van der Waals surface area contributed by atoms with Crippen molar-refractivity contribution in [1.82, 2.24) is 5.32 Å². The average Bonchev–Trinajstić information content (AvgIpc) is 2.39. The van der Waals surface area contributed by atoms with Gasteiger partial charge in [0, 0.05) is 17.9 Å². The zero-order valence-electron chi connectivity index (χ0n) is 14.3. The van der Waals surface area contributed by atoms with Crippen LogP contribution in [0.5, 0.6) is 0 Å². The third kappa shape index (κ3) is 6.39. The van der Waals surface area contributed by atoms with Gasteiger partial charge in [0.05, 0.1) is 6.04 Å². The lowest BCUT2D eigenvalue weighted by atomic mass is 9.95. The normalized spacial score (nSPS) is 14.3. The van der Waals surface area contributed by atoms with Gasteiger partial charge in [0.1, 0.15) is 0 Å². The first kappa shape index (κ1) is 18.4. The lowest BCUT2D eigenvalue weighted by Crippen LogP contribution is -2.44. The first-order valence-electron chi connectivity index (χ1n) is 7.74. The summed E-state index contributed by atoms with van der Waals surface area (Å²) in [5.74, 6) is -0.545. The van der Waals surface area contributed by atoms with Crippen LogP contribution in [0, 0.1) is 12.8 Å². The van der Waals surface area contributed by atoms with E-state index in [1.54, 1.807) is 6.92 Å². The fourth-order valence-electron chi connectivity index (χ4n) is 2.13. The summed E-state index contributed by atoms with van der Waals surface area (Å²) in [4.78, 5) is 24.2. The number of ketones is 1. The molecular formula is C18H28N2O2. The summed E-state index contributed by atoms with van der Waals surface area (Å²) < 4.78 is 0. The Morgan fingerprint density at radius 1 is 1.18 bits per heavy atom. The van der Waals surface area contributed by atoms with Crippen molar-refractivity contribution in [2.24, 2.45) is 11.7 Å². The summed E-state index contributed by atoms with van der Waals surface area (Å²) in [5, 5.41) is 2.89. The van der Waals surface area contributed by atoms with Crippen LogP contribution in [0.4, 0.5) is 0 Å². The third-order valence-electron chi connectivity index (χ3n) is 3.44. The zero-order valence-corrected chi connectivity index (χ0v) is 14.3. The number of carbonyl (C=O) groups is 2. The quantitative estimate of drug-likeness (QED) is 0.847. The van der Waals surface area contributed by atoms with Crippen molar-refractivity contribution in [3.8, 4) is 0 Å². The molecule has 4 nitrogen and oxygen atoms in total. The molecule has 1 aromatic carbocycles. The fraction of sp³-hybridized carbons (Fsp3) is 0.556. The van der Waals surface area contributed by atoms with E-state index in [0.717, 1.165) is 5.56 Å². The van der Waals surface area contributed by atoms with E-state index in [1.165, 1.54) is 5.56 Å². The molecule has 0 aliphatic rings. The Morgan fingerprint density at radius 3 is 2.23 bits per heavy atom. The Kier molecular flexibility index (Phi) is 6.30. The van der Waals surface area contributed by atoms with Crippen molar-refractivity contribution in [2.45, 2.75) is 59.0 Å². The molecule has 0 fully saturated rings. The monoisotopic (exact) mass is 304 g/mol. The second-order valence-electron chi connectivity index (χ2n) is 7.11. The number of hydrogen-bond acceptors (Lipinski definition) is 3. The van der Waals surface area contributed by atoms with Crippen LogP contribution in [0.1, 0.15) is 45.2 Å². The largest absolute Gasteiger partial charge is 0.351 e. The molecule has 3 N–H and O–H groups in total. The van der Waals surface area contributed by atoms with Crippen molar-refractivity contribution >= 4 is 11.7 Å². The number of nitrogens with two attached hydrogens (primary N) is 1. The summed E-state index contributed by atoms with van der Waals surface area (Å²) in [6.45, 7) is 9.54. The number of nitrogens with one attached hydrogen (secondary N) is 1. The van der Waals surface area contributed by atoms with Gasteiger partial charge >= 0.3 is 0 Å². The van der Waals surface area contributed by atoms with Gasteiger partial charge in [0.15, 0.2) is 5.78 Å². The molecule has 1 aromatic rings. The van der Waals surface area contributed by atoms with Gasteiger partial charge in [0.25, 0.3) is 0 Å². The molecule has 1 rings (SSSR count). The number of aryl methyl sites for hydroxylation is 1. The lowest BCUT2D eigenvalue weighted by molar-refractivity contribution is -0.130. The molecule has 0 aliphatic heterocycles. The summed E-state index contributed by atoms with van der Waals surface area (Å²) in [6.07, 6.45) is 0.682. The Balaban J connectivity index is 2.53. The van der Waals surface area contributed by atoms with Crippen molar-refractivity contribution in [3.63, 3.8) is 0 Å². The highest BCUT2D eigenvalue weighted by molar-refractivity contribution is 5.89. The van der Waals surface area contributed by atoms with E-state index in [9.17, 15) is 9.59 Å². The van der Waals surface area contributed by atoms with Crippen molar-refractivity contribution < 1.29 is 9.59 Å². The number of benzene rings is 1. The Morgan fingerprint density at radius 2 is 1.73 bits per heavy atom. The number of amides is 1. The van der Waals surface area contributed by atoms with Gasteiger partial charge in [-0.3, -0.25) is 9.59 Å². The first-order chi connectivity index (χ1) is 10.1. The van der Waals surface area contributed by atoms with Gasteiger partial charge in [-0.2, -0.15) is 0 Å². The van der Waals surface area contributed by atoms with Crippen LogP contribution >= 0.6 is 0 Å². The maximum Gasteiger partial charge on any atom is 0.223 e. The van der Waals surface area contributed by atoms with Crippen molar-refractivity contribution in [3.05, 3.63) is 35.4 Å². The highest BCUT2D eigenvalue weighted by atomic mass is 16.2. The highest BCUT2D eigenvalue weighted by Gasteiger charge is 2.24. The summed E-state index contributed by atoms with van der Waals surface area (Å²) >= 11 is 0. The highest BCUT2D eigenvalue weighted by Crippen LogP contribution is 2.11. The Hall–Kier alpha value is -1.68. The first-order valence-corrected chi connectivity index (χ1v) is 7.74. The van der Waals surface area contributed by atoms with Crippen LogP contribution in [-0.2, 0) is 16.0 Å². The molecule has 0 radical (unpaired) electrons. The van der Waals surface area contributed by atoms with Gasteiger partial charge in [0.2, 0.25) is 5.91 Å². The summed E-state index contributed by atoms with van der Waals surface area (Å²) in [7, 11) is 0.